The van der Waals surface area contributed by atoms with Crippen LogP contribution in [-0.2, 0) is 0 Å². The highest BCUT2D eigenvalue weighted by Crippen LogP contribution is 2.14. The van der Waals surface area contributed by atoms with E-state index in [0.717, 1.165) is 5.69 Å². The Kier molecular flexibility index (Phi) is 3.34. The summed E-state index contributed by atoms with van der Waals surface area (Å²) in [5.74, 6) is 0.497. The van der Waals surface area contributed by atoms with Gasteiger partial charge in [0.15, 0.2) is 5.13 Å². The zero-order valence-corrected chi connectivity index (χ0v) is 10.3. The first-order valence-electron chi connectivity index (χ1n) is 5.06. The van der Waals surface area contributed by atoms with Crippen molar-refractivity contribution in [1.82, 2.24) is 9.97 Å². The lowest BCUT2D eigenvalue weighted by molar-refractivity contribution is 0.102. The van der Waals surface area contributed by atoms with Gasteiger partial charge in [-0.05, 0) is 19.1 Å². The molecule has 17 heavy (non-hydrogen) atoms. The number of hydrogen-bond acceptors (Lipinski definition) is 5. The van der Waals surface area contributed by atoms with Crippen LogP contribution in [0.3, 0.4) is 0 Å². The first-order valence-corrected chi connectivity index (χ1v) is 5.94. The molecular weight excluding hydrogens is 236 g/mol. The Morgan fingerprint density at radius 3 is 2.88 bits per heavy atom. The fraction of sp³-hybridized carbons (Fsp3) is 0.182. The Bertz CT molecular complexity index is 524. The molecule has 88 valence electrons. The maximum absolute atomic E-state index is 11.9. The molecule has 0 spiro atoms. The molecule has 0 saturated carbocycles. The Morgan fingerprint density at radius 1 is 1.41 bits per heavy atom. The van der Waals surface area contributed by atoms with Crippen molar-refractivity contribution < 1.29 is 4.79 Å². The van der Waals surface area contributed by atoms with Crippen molar-refractivity contribution >= 4 is 28.2 Å². The van der Waals surface area contributed by atoms with E-state index in [0.29, 0.717) is 16.5 Å². The topological polar surface area (TPSA) is 66.9 Å². The van der Waals surface area contributed by atoms with Gasteiger partial charge in [-0.3, -0.25) is 10.1 Å². The van der Waals surface area contributed by atoms with Crippen molar-refractivity contribution in [1.29, 1.82) is 0 Å². The molecule has 6 heteroatoms. The summed E-state index contributed by atoms with van der Waals surface area (Å²) in [6.07, 6.45) is 1.65. The zero-order chi connectivity index (χ0) is 12.3. The third-order valence-electron chi connectivity index (χ3n) is 2.12. The molecule has 0 fully saturated rings. The van der Waals surface area contributed by atoms with Crippen LogP contribution in [0.15, 0.2) is 23.7 Å². The monoisotopic (exact) mass is 248 g/mol. The molecule has 2 aromatic heterocycles. The fourth-order valence-electron chi connectivity index (χ4n) is 1.38. The fourth-order valence-corrected chi connectivity index (χ4v) is 1.91. The highest BCUT2D eigenvalue weighted by Gasteiger charge is 2.09. The number of pyridine rings is 1. The van der Waals surface area contributed by atoms with Crippen LogP contribution in [0.5, 0.6) is 0 Å². The quantitative estimate of drug-likeness (QED) is 0.873. The summed E-state index contributed by atoms with van der Waals surface area (Å²) in [7, 11) is 1.77. The predicted octanol–water partition coefficient (Wildman–Crippen LogP) is 2.14. The smallest absolute Gasteiger partial charge is 0.257 e. The van der Waals surface area contributed by atoms with E-state index in [1.54, 1.807) is 25.4 Å². The van der Waals surface area contributed by atoms with Gasteiger partial charge in [-0.1, -0.05) is 0 Å². The predicted molar refractivity (Wildman–Crippen MR) is 68.6 cm³/mol. The van der Waals surface area contributed by atoms with Crippen LogP contribution in [0.25, 0.3) is 0 Å². The number of carbonyl (C=O) groups excluding carboxylic acids is 1. The zero-order valence-electron chi connectivity index (χ0n) is 9.52. The molecule has 0 unspecified atom stereocenters. The lowest BCUT2D eigenvalue weighted by Gasteiger charge is -2.05. The molecule has 0 aliphatic carbocycles. The van der Waals surface area contributed by atoms with E-state index in [-0.39, 0.29) is 5.91 Å². The summed E-state index contributed by atoms with van der Waals surface area (Å²) in [4.78, 5) is 20.2. The second-order valence-electron chi connectivity index (χ2n) is 3.42. The lowest BCUT2D eigenvalue weighted by Crippen LogP contribution is -2.12. The first kappa shape index (κ1) is 11.5. The van der Waals surface area contributed by atoms with Crippen molar-refractivity contribution in [3.8, 4) is 0 Å². The van der Waals surface area contributed by atoms with E-state index in [4.69, 9.17) is 0 Å². The number of anilines is 2. The van der Waals surface area contributed by atoms with Gasteiger partial charge < -0.3 is 5.32 Å². The average molecular weight is 248 g/mol. The summed E-state index contributed by atoms with van der Waals surface area (Å²) in [6, 6.07) is 3.44. The second kappa shape index (κ2) is 4.92. The van der Waals surface area contributed by atoms with E-state index in [1.807, 2.05) is 12.3 Å². The minimum Gasteiger partial charge on any atom is -0.373 e. The van der Waals surface area contributed by atoms with Gasteiger partial charge in [-0.25, -0.2) is 9.97 Å². The number of rotatable bonds is 3. The van der Waals surface area contributed by atoms with Crippen LogP contribution < -0.4 is 10.6 Å². The third-order valence-corrected chi connectivity index (χ3v) is 2.81. The molecule has 0 atom stereocenters. The molecule has 2 rings (SSSR count). The highest BCUT2D eigenvalue weighted by atomic mass is 32.1. The van der Waals surface area contributed by atoms with Crippen molar-refractivity contribution in [2.24, 2.45) is 0 Å². The van der Waals surface area contributed by atoms with Gasteiger partial charge in [-0.2, -0.15) is 0 Å². The molecule has 1 amide bonds. The van der Waals surface area contributed by atoms with E-state index < -0.39 is 0 Å². The number of nitrogens with one attached hydrogen (secondary N) is 2. The van der Waals surface area contributed by atoms with Gasteiger partial charge in [0, 0.05) is 29.9 Å². The Labute approximate surface area is 103 Å². The number of aryl methyl sites for hydroxylation is 1. The van der Waals surface area contributed by atoms with Crippen LogP contribution in [0.2, 0.25) is 0 Å². The molecule has 2 aromatic rings. The normalized spacial score (nSPS) is 10.0. The van der Waals surface area contributed by atoms with Crippen molar-refractivity contribution in [2.75, 3.05) is 17.7 Å². The molecule has 0 radical (unpaired) electrons. The van der Waals surface area contributed by atoms with Gasteiger partial charge in [0.25, 0.3) is 5.91 Å². The highest BCUT2D eigenvalue weighted by molar-refractivity contribution is 7.13. The van der Waals surface area contributed by atoms with Crippen molar-refractivity contribution in [2.45, 2.75) is 6.92 Å². The van der Waals surface area contributed by atoms with Gasteiger partial charge in [0.2, 0.25) is 0 Å². The van der Waals surface area contributed by atoms with E-state index >= 15 is 0 Å². The molecular formula is C11H12N4OS. The van der Waals surface area contributed by atoms with E-state index in [9.17, 15) is 4.79 Å². The number of nitrogens with zero attached hydrogens (tertiary/aromatic N) is 2. The first-order chi connectivity index (χ1) is 8.19. The van der Waals surface area contributed by atoms with Crippen molar-refractivity contribution in [3.05, 3.63) is 35.0 Å². The number of hydrogen-bond donors (Lipinski definition) is 2. The molecule has 0 aliphatic rings. The molecule has 0 saturated heterocycles. The van der Waals surface area contributed by atoms with Gasteiger partial charge in [0.05, 0.1) is 0 Å². The minimum absolute atomic E-state index is 0.179. The number of carbonyl (C=O) groups is 1. The third kappa shape index (κ3) is 2.79. The summed E-state index contributed by atoms with van der Waals surface area (Å²) >= 11 is 1.39. The Morgan fingerprint density at radius 2 is 2.24 bits per heavy atom. The van der Waals surface area contributed by atoms with Crippen LogP contribution in [0.1, 0.15) is 16.1 Å². The van der Waals surface area contributed by atoms with E-state index in [1.165, 1.54) is 11.3 Å². The number of aromatic nitrogens is 2. The Balaban J connectivity index is 2.21. The number of amides is 1. The van der Waals surface area contributed by atoms with Crippen LogP contribution >= 0.6 is 11.3 Å². The molecule has 5 nitrogen and oxygen atoms in total. The SMILES string of the molecule is CNc1cc(C(=O)Nc2nccs2)cc(C)n1. The van der Waals surface area contributed by atoms with Crippen LogP contribution in [-0.4, -0.2) is 22.9 Å². The Hall–Kier alpha value is -1.95. The standard InChI is InChI=1S/C11H12N4OS/c1-7-5-8(6-9(12-2)14-7)10(16)15-11-13-3-4-17-11/h3-6H,1-2H3,(H,12,14)(H,13,15,16). The van der Waals surface area contributed by atoms with Gasteiger partial charge in [0.1, 0.15) is 5.82 Å². The maximum atomic E-state index is 11.9. The van der Waals surface area contributed by atoms with Crippen LogP contribution in [0.4, 0.5) is 10.9 Å². The minimum atomic E-state index is -0.179. The summed E-state index contributed by atoms with van der Waals surface area (Å²) in [5.41, 5.74) is 1.36. The van der Waals surface area contributed by atoms with Crippen LogP contribution in [0, 0.1) is 6.92 Å². The molecule has 0 aromatic carbocycles. The summed E-state index contributed by atoms with van der Waals surface area (Å²) in [5, 5.41) is 8.05. The molecule has 0 aliphatic heterocycles. The largest absolute Gasteiger partial charge is 0.373 e. The number of thiazole rings is 1. The summed E-state index contributed by atoms with van der Waals surface area (Å²) in [6.45, 7) is 1.85. The maximum Gasteiger partial charge on any atom is 0.257 e. The average Bonchev–Trinajstić information content (AvgIpc) is 2.81. The van der Waals surface area contributed by atoms with Gasteiger partial charge >= 0.3 is 0 Å². The second-order valence-corrected chi connectivity index (χ2v) is 4.32. The molecule has 0 bridgehead atoms. The lowest BCUT2D eigenvalue weighted by atomic mass is 10.2. The molecule has 2 heterocycles. The molecule has 2 N–H and O–H groups in total. The van der Waals surface area contributed by atoms with E-state index in [2.05, 4.69) is 20.6 Å². The van der Waals surface area contributed by atoms with Gasteiger partial charge in [-0.15, -0.1) is 11.3 Å². The van der Waals surface area contributed by atoms with Crippen molar-refractivity contribution in [3.63, 3.8) is 0 Å². The summed E-state index contributed by atoms with van der Waals surface area (Å²) < 4.78 is 0.